The molecule has 1 aliphatic heterocycles. The lowest BCUT2D eigenvalue weighted by atomic mass is 9.84. The number of hydrogen-bond donors (Lipinski definition) is 3. The van der Waals surface area contributed by atoms with Crippen LogP contribution in [0.2, 0.25) is 0 Å². The van der Waals surface area contributed by atoms with Crippen LogP contribution < -0.4 is 11.1 Å². The van der Waals surface area contributed by atoms with Gasteiger partial charge in [0, 0.05) is 12.1 Å². The Labute approximate surface area is 106 Å². The smallest absolute Gasteiger partial charge is 0.311 e. The number of carboxylic acids is 1. The molecule has 6 heteroatoms. The van der Waals surface area contributed by atoms with E-state index in [4.69, 9.17) is 10.5 Å². The van der Waals surface area contributed by atoms with Crippen LogP contribution in [0.5, 0.6) is 0 Å². The predicted molar refractivity (Wildman–Crippen MR) is 63.8 cm³/mol. The molecule has 0 radical (unpaired) electrons. The zero-order valence-electron chi connectivity index (χ0n) is 10.5. The maximum Gasteiger partial charge on any atom is 0.311 e. The van der Waals surface area contributed by atoms with Crippen LogP contribution in [0.3, 0.4) is 0 Å². The highest BCUT2D eigenvalue weighted by atomic mass is 16.5. The van der Waals surface area contributed by atoms with Gasteiger partial charge in [0.15, 0.2) is 0 Å². The Morgan fingerprint density at radius 1 is 1.44 bits per heavy atom. The molecule has 0 aromatic heterocycles. The van der Waals surface area contributed by atoms with E-state index in [2.05, 4.69) is 5.32 Å². The molecule has 2 fully saturated rings. The van der Waals surface area contributed by atoms with E-state index in [0.717, 1.165) is 6.42 Å². The van der Waals surface area contributed by atoms with Gasteiger partial charge in [-0.15, -0.1) is 0 Å². The van der Waals surface area contributed by atoms with Crippen molar-refractivity contribution in [2.75, 3.05) is 13.2 Å². The third kappa shape index (κ3) is 2.22. The van der Waals surface area contributed by atoms with Gasteiger partial charge < -0.3 is 20.9 Å². The summed E-state index contributed by atoms with van der Waals surface area (Å²) in [6.45, 7) is 2.40. The van der Waals surface area contributed by atoms with Crippen LogP contribution in [0.4, 0.5) is 0 Å². The molecule has 1 amide bonds. The lowest BCUT2D eigenvalue weighted by Gasteiger charge is -2.29. The van der Waals surface area contributed by atoms with Gasteiger partial charge in [-0.2, -0.15) is 0 Å². The fourth-order valence-corrected chi connectivity index (χ4v) is 2.77. The molecule has 0 aromatic carbocycles. The highest BCUT2D eigenvalue weighted by Gasteiger charge is 2.46. The number of carbonyl (C=O) groups excluding carboxylic acids is 1. The normalized spacial score (nSPS) is 39.8. The summed E-state index contributed by atoms with van der Waals surface area (Å²) in [4.78, 5) is 23.4. The van der Waals surface area contributed by atoms with E-state index in [1.165, 1.54) is 0 Å². The summed E-state index contributed by atoms with van der Waals surface area (Å²) in [6, 6.07) is -0.599. The van der Waals surface area contributed by atoms with E-state index in [-0.39, 0.29) is 23.9 Å². The molecule has 0 bridgehead atoms. The van der Waals surface area contributed by atoms with Crippen LogP contribution in [-0.4, -0.2) is 42.3 Å². The number of carboxylic acid groups (broad SMARTS) is 1. The molecule has 4 N–H and O–H groups in total. The van der Waals surface area contributed by atoms with Crippen molar-refractivity contribution in [2.24, 2.45) is 17.1 Å². The molecule has 1 aliphatic carbocycles. The summed E-state index contributed by atoms with van der Waals surface area (Å²) in [5.74, 6) is -1.39. The van der Waals surface area contributed by atoms with Gasteiger partial charge in [0.2, 0.25) is 5.91 Å². The first-order chi connectivity index (χ1) is 8.45. The second-order valence-electron chi connectivity index (χ2n) is 5.48. The number of amides is 1. The number of hydrogen-bond acceptors (Lipinski definition) is 4. The van der Waals surface area contributed by atoms with Crippen LogP contribution in [0.25, 0.3) is 0 Å². The zero-order valence-corrected chi connectivity index (χ0v) is 10.5. The highest BCUT2D eigenvalue weighted by Crippen LogP contribution is 2.38. The fraction of sp³-hybridized carbons (Fsp3) is 0.833. The minimum Gasteiger partial charge on any atom is -0.481 e. The first-order valence-corrected chi connectivity index (χ1v) is 6.32. The highest BCUT2D eigenvalue weighted by molar-refractivity contribution is 5.82. The minimum absolute atomic E-state index is 0.181. The average molecular weight is 256 g/mol. The van der Waals surface area contributed by atoms with E-state index in [1.54, 1.807) is 6.92 Å². The third-order valence-corrected chi connectivity index (χ3v) is 4.22. The quantitative estimate of drug-likeness (QED) is 0.644. The van der Waals surface area contributed by atoms with Gasteiger partial charge in [0.05, 0.1) is 24.5 Å². The van der Waals surface area contributed by atoms with E-state index in [1.807, 2.05) is 0 Å². The van der Waals surface area contributed by atoms with Crippen molar-refractivity contribution in [3.8, 4) is 0 Å². The first-order valence-electron chi connectivity index (χ1n) is 6.32. The van der Waals surface area contributed by atoms with Crippen LogP contribution in [0, 0.1) is 11.3 Å². The second-order valence-corrected chi connectivity index (χ2v) is 5.48. The Kier molecular flexibility index (Phi) is 3.59. The van der Waals surface area contributed by atoms with Gasteiger partial charge in [-0.25, -0.2) is 0 Å². The number of nitrogens with two attached hydrogens (primary N) is 1. The SMILES string of the molecule is CC1(C(=O)O)CCCC1NC(=O)C1COCC1N. The third-order valence-electron chi connectivity index (χ3n) is 4.22. The van der Waals surface area contributed by atoms with Crippen LogP contribution >= 0.6 is 0 Å². The Bertz CT molecular complexity index is 360. The predicted octanol–water partition coefficient (Wildman–Crippen LogP) is -0.280. The Balaban J connectivity index is 2.00. The Morgan fingerprint density at radius 3 is 2.72 bits per heavy atom. The maximum atomic E-state index is 12.1. The summed E-state index contributed by atoms with van der Waals surface area (Å²) in [7, 11) is 0. The summed E-state index contributed by atoms with van der Waals surface area (Å²) in [5, 5.41) is 12.1. The average Bonchev–Trinajstić information content (AvgIpc) is 2.87. The van der Waals surface area contributed by atoms with Crippen LogP contribution in [-0.2, 0) is 14.3 Å². The molecular weight excluding hydrogens is 236 g/mol. The van der Waals surface area contributed by atoms with Crippen molar-refractivity contribution in [2.45, 2.75) is 38.3 Å². The molecule has 1 saturated carbocycles. The van der Waals surface area contributed by atoms with Gasteiger partial charge in [-0.3, -0.25) is 9.59 Å². The Morgan fingerprint density at radius 2 is 2.17 bits per heavy atom. The van der Waals surface area contributed by atoms with Gasteiger partial charge in [-0.1, -0.05) is 6.42 Å². The van der Waals surface area contributed by atoms with Crippen LogP contribution in [0.15, 0.2) is 0 Å². The molecule has 4 unspecified atom stereocenters. The first kappa shape index (κ1) is 13.3. The molecule has 2 aliphatic rings. The molecule has 102 valence electrons. The number of nitrogens with one attached hydrogen (secondary N) is 1. The van der Waals surface area contributed by atoms with Crippen molar-refractivity contribution in [3.63, 3.8) is 0 Å². The molecular formula is C12H20N2O4. The summed E-state index contributed by atoms with van der Waals surface area (Å²) in [5.41, 5.74) is 4.92. The van der Waals surface area contributed by atoms with Crippen molar-refractivity contribution < 1.29 is 19.4 Å². The van der Waals surface area contributed by atoms with Gasteiger partial charge in [-0.05, 0) is 19.8 Å². The number of aliphatic carboxylic acids is 1. The Hall–Kier alpha value is -1.14. The van der Waals surface area contributed by atoms with Crippen molar-refractivity contribution in [1.82, 2.24) is 5.32 Å². The number of carbonyl (C=O) groups is 2. The van der Waals surface area contributed by atoms with E-state index in [9.17, 15) is 14.7 Å². The molecule has 1 heterocycles. The lowest BCUT2D eigenvalue weighted by molar-refractivity contribution is -0.149. The van der Waals surface area contributed by atoms with Crippen LogP contribution in [0.1, 0.15) is 26.2 Å². The van der Waals surface area contributed by atoms with E-state index in [0.29, 0.717) is 26.1 Å². The maximum absolute atomic E-state index is 12.1. The topological polar surface area (TPSA) is 102 Å². The van der Waals surface area contributed by atoms with Crippen molar-refractivity contribution in [3.05, 3.63) is 0 Å². The standard InChI is InChI=1S/C12H20N2O4/c1-12(11(16)17)4-2-3-9(12)14-10(15)7-5-18-6-8(7)13/h7-9H,2-6,13H2,1H3,(H,14,15)(H,16,17). The zero-order chi connectivity index (χ0) is 13.3. The molecule has 18 heavy (non-hydrogen) atoms. The molecule has 0 aromatic rings. The second kappa shape index (κ2) is 4.85. The molecule has 4 atom stereocenters. The molecule has 2 rings (SSSR count). The van der Waals surface area contributed by atoms with Gasteiger partial charge in [0.25, 0.3) is 0 Å². The molecule has 6 nitrogen and oxygen atoms in total. The summed E-state index contributed by atoms with van der Waals surface area (Å²) < 4.78 is 5.15. The fourth-order valence-electron chi connectivity index (χ4n) is 2.77. The number of ether oxygens (including phenoxy) is 1. The largest absolute Gasteiger partial charge is 0.481 e. The minimum atomic E-state index is -0.862. The van der Waals surface area contributed by atoms with Crippen molar-refractivity contribution in [1.29, 1.82) is 0 Å². The van der Waals surface area contributed by atoms with E-state index >= 15 is 0 Å². The summed E-state index contributed by atoms with van der Waals surface area (Å²) in [6.07, 6.45) is 2.12. The van der Waals surface area contributed by atoms with Gasteiger partial charge in [0.1, 0.15) is 0 Å². The van der Waals surface area contributed by atoms with E-state index < -0.39 is 11.4 Å². The van der Waals surface area contributed by atoms with Gasteiger partial charge >= 0.3 is 5.97 Å². The summed E-state index contributed by atoms with van der Waals surface area (Å²) >= 11 is 0. The van der Waals surface area contributed by atoms with Crippen molar-refractivity contribution >= 4 is 11.9 Å². The monoisotopic (exact) mass is 256 g/mol. The molecule has 0 spiro atoms. The lowest BCUT2D eigenvalue weighted by Crippen LogP contribution is -2.51. The number of rotatable bonds is 3. The molecule has 1 saturated heterocycles.